The zero-order valence-corrected chi connectivity index (χ0v) is 13.2. The monoisotopic (exact) mass is 317 g/mol. The molecule has 1 aromatic heterocycles. The van der Waals surface area contributed by atoms with Crippen molar-refractivity contribution >= 4 is 16.9 Å². The van der Waals surface area contributed by atoms with E-state index in [1.54, 1.807) is 0 Å². The van der Waals surface area contributed by atoms with Gasteiger partial charge >= 0.3 is 5.69 Å². The van der Waals surface area contributed by atoms with Gasteiger partial charge in [-0.3, -0.25) is 4.79 Å². The summed E-state index contributed by atoms with van der Waals surface area (Å²) in [5.74, 6) is -0.0125. The standard InChI is InChI=1S/C17H23N3O3/c21-15(18-11-17(23)8-1-2-9-17)5-3-4-12-6-7-13-14(10-12)20-16(22)19-13/h6-7,10,23H,1-5,8-9,11H2,(H,18,21)(H2,19,20,22). The van der Waals surface area contributed by atoms with Crippen LogP contribution < -0.4 is 11.0 Å². The van der Waals surface area contributed by atoms with Crippen LogP contribution in [0.25, 0.3) is 11.0 Å². The van der Waals surface area contributed by atoms with Gasteiger partial charge in [-0.15, -0.1) is 0 Å². The Balaban J connectivity index is 1.44. The number of nitrogens with one attached hydrogen (secondary N) is 3. The minimum absolute atomic E-state index is 0.0125. The molecule has 1 saturated carbocycles. The maximum absolute atomic E-state index is 11.9. The summed E-state index contributed by atoms with van der Waals surface area (Å²) in [5.41, 5.74) is 1.78. The molecule has 1 amide bonds. The number of hydrogen-bond acceptors (Lipinski definition) is 3. The molecular formula is C17H23N3O3. The van der Waals surface area contributed by atoms with Crippen molar-refractivity contribution in [1.29, 1.82) is 0 Å². The Morgan fingerprint density at radius 2 is 1.96 bits per heavy atom. The van der Waals surface area contributed by atoms with Gasteiger partial charge in [-0.05, 0) is 43.4 Å². The number of aromatic nitrogens is 2. The SMILES string of the molecule is O=C(CCCc1ccc2[nH]c(=O)[nH]c2c1)NCC1(O)CCCC1. The highest BCUT2D eigenvalue weighted by molar-refractivity contribution is 5.76. The lowest BCUT2D eigenvalue weighted by Crippen LogP contribution is -2.40. The molecule has 1 fully saturated rings. The minimum atomic E-state index is -0.694. The van der Waals surface area contributed by atoms with E-state index in [2.05, 4.69) is 15.3 Å². The molecule has 0 saturated heterocycles. The fourth-order valence-corrected chi connectivity index (χ4v) is 3.25. The molecule has 1 aliphatic carbocycles. The summed E-state index contributed by atoms with van der Waals surface area (Å²) in [7, 11) is 0. The summed E-state index contributed by atoms with van der Waals surface area (Å²) >= 11 is 0. The molecule has 1 aromatic carbocycles. The Hall–Kier alpha value is -2.08. The van der Waals surface area contributed by atoms with Crippen LogP contribution in [0.5, 0.6) is 0 Å². The van der Waals surface area contributed by atoms with Crippen molar-refractivity contribution in [2.75, 3.05) is 6.54 Å². The highest BCUT2D eigenvalue weighted by atomic mass is 16.3. The van der Waals surface area contributed by atoms with Crippen molar-refractivity contribution in [3.8, 4) is 0 Å². The molecule has 23 heavy (non-hydrogen) atoms. The van der Waals surface area contributed by atoms with Crippen LogP contribution in [0.1, 0.15) is 44.1 Å². The van der Waals surface area contributed by atoms with E-state index >= 15 is 0 Å². The third kappa shape index (κ3) is 4.01. The predicted octanol–water partition coefficient (Wildman–Crippen LogP) is 1.60. The van der Waals surface area contributed by atoms with Crippen LogP contribution >= 0.6 is 0 Å². The lowest BCUT2D eigenvalue weighted by molar-refractivity contribution is -0.122. The molecule has 1 aliphatic rings. The second kappa shape index (κ2) is 6.58. The van der Waals surface area contributed by atoms with Gasteiger partial charge in [-0.25, -0.2) is 4.79 Å². The first-order valence-electron chi connectivity index (χ1n) is 8.24. The van der Waals surface area contributed by atoms with Gasteiger partial charge in [0.15, 0.2) is 0 Å². The molecule has 2 aromatic rings. The third-order valence-corrected chi connectivity index (χ3v) is 4.60. The number of amides is 1. The number of carbonyl (C=O) groups is 1. The van der Waals surface area contributed by atoms with Gasteiger partial charge < -0.3 is 20.4 Å². The van der Waals surface area contributed by atoms with Crippen molar-refractivity contribution < 1.29 is 9.90 Å². The zero-order valence-electron chi connectivity index (χ0n) is 13.2. The molecule has 0 bridgehead atoms. The molecule has 0 spiro atoms. The molecule has 124 valence electrons. The Morgan fingerprint density at radius 1 is 1.22 bits per heavy atom. The number of aliphatic hydroxyl groups is 1. The van der Waals surface area contributed by atoms with Gasteiger partial charge in [0, 0.05) is 13.0 Å². The van der Waals surface area contributed by atoms with Crippen LogP contribution in [0.3, 0.4) is 0 Å². The average Bonchev–Trinajstić information content (AvgIpc) is 3.10. The second-order valence-electron chi connectivity index (χ2n) is 6.52. The molecule has 0 atom stereocenters. The van der Waals surface area contributed by atoms with Gasteiger partial charge in [-0.1, -0.05) is 18.9 Å². The van der Waals surface area contributed by atoms with Crippen LogP contribution in [-0.4, -0.2) is 33.1 Å². The van der Waals surface area contributed by atoms with E-state index in [1.807, 2.05) is 18.2 Å². The van der Waals surface area contributed by atoms with Gasteiger partial charge in [0.05, 0.1) is 16.6 Å². The third-order valence-electron chi connectivity index (χ3n) is 4.60. The van der Waals surface area contributed by atoms with Gasteiger partial charge in [0.25, 0.3) is 0 Å². The topological polar surface area (TPSA) is 98.0 Å². The first-order chi connectivity index (χ1) is 11.0. The smallest absolute Gasteiger partial charge is 0.323 e. The summed E-state index contributed by atoms with van der Waals surface area (Å²) in [5, 5.41) is 13.0. The number of imidazole rings is 1. The second-order valence-corrected chi connectivity index (χ2v) is 6.52. The van der Waals surface area contributed by atoms with E-state index in [0.717, 1.165) is 55.1 Å². The average molecular weight is 317 g/mol. The fraction of sp³-hybridized carbons (Fsp3) is 0.529. The number of benzene rings is 1. The number of aromatic amines is 2. The van der Waals surface area contributed by atoms with E-state index < -0.39 is 5.60 Å². The molecule has 6 heteroatoms. The Kier molecular flexibility index (Phi) is 4.52. The zero-order chi connectivity index (χ0) is 16.3. The van der Waals surface area contributed by atoms with Crippen LogP contribution in [0, 0.1) is 0 Å². The molecule has 0 aliphatic heterocycles. The van der Waals surface area contributed by atoms with Gasteiger partial charge in [0.2, 0.25) is 5.91 Å². The summed E-state index contributed by atoms with van der Waals surface area (Å²) in [6.45, 7) is 0.363. The Morgan fingerprint density at radius 3 is 2.74 bits per heavy atom. The van der Waals surface area contributed by atoms with Crippen molar-refractivity contribution in [2.24, 2.45) is 0 Å². The van der Waals surface area contributed by atoms with Gasteiger partial charge in [-0.2, -0.15) is 0 Å². The quantitative estimate of drug-likeness (QED) is 0.651. The molecule has 6 nitrogen and oxygen atoms in total. The molecular weight excluding hydrogens is 294 g/mol. The molecule has 0 radical (unpaired) electrons. The number of H-pyrrole nitrogens is 2. The summed E-state index contributed by atoms with van der Waals surface area (Å²) < 4.78 is 0. The summed E-state index contributed by atoms with van der Waals surface area (Å²) in [4.78, 5) is 28.5. The molecule has 4 N–H and O–H groups in total. The van der Waals surface area contributed by atoms with Crippen molar-refractivity contribution in [1.82, 2.24) is 15.3 Å². The van der Waals surface area contributed by atoms with Crippen molar-refractivity contribution in [3.05, 3.63) is 34.2 Å². The van der Waals surface area contributed by atoms with E-state index in [0.29, 0.717) is 13.0 Å². The normalized spacial score (nSPS) is 16.7. The predicted molar refractivity (Wildman–Crippen MR) is 88.3 cm³/mol. The lowest BCUT2D eigenvalue weighted by Gasteiger charge is -2.22. The molecule has 0 unspecified atom stereocenters. The maximum Gasteiger partial charge on any atom is 0.323 e. The number of aryl methyl sites for hydroxylation is 1. The Bertz CT molecular complexity index is 741. The summed E-state index contributed by atoms with van der Waals surface area (Å²) in [6, 6.07) is 5.77. The summed E-state index contributed by atoms with van der Waals surface area (Å²) in [6.07, 6.45) is 5.60. The fourth-order valence-electron chi connectivity index (χ4n) is 3.25. The maximum atomic E-state index is 11.9. The van der Waals surface area contributed by atoms with E-state index in [4.69, 9.17) is 0 Å². The Labute approximate surface area is 134 Å². The number of fused-ring (bicyclic) bond motifs is 1. The highest BCUT2D eigenvalue weighted by Crippen LogP contribution is 2.28. The van der Waals surface area contributed by atoms with Gasteiger partial charge in [0.1, 0.15) is 0 Å². The van der Waals surface area contributed by atoms with E-state index in [-0.39, 0.29) is 11.6 Å². The first-order valence-corrected chi connectivity index (χ1v) is 8.24. The van der Waals surface area contributed by atoms with Crippen LogP contribution in [0.4, 0.5) is 0 Å². The van der Waals surface area contributed by atoms with E-state index in [1.165, 1.54) is 0 Å². The number of rotatable bonds is 6. The first kappa shape index (κ1) is 15.8. The number of hydrogen-bond donors (Lipinski definition) is 4. The lowest BCUT2D eigenvalue weighted by atomic mass is 10.0. The molecule has 1 heterocycles. The molecule has 3 rings (SSSR count). The minimum Gasteiger partial charge on any atom is -0.388 e. The van der Waals surface area contributed by atoms with Crippen LogP contribution in [0.2, 0.25) is 0 Å². The van der Waals surface area contributed by atoms with Crippen LogP contribution in [-0.2, 0) is 11.2 Å². The largest absolute Gasteiger partial charge is 0.388 e. The van der Waals surface area contributed by atoms with Crippen molar-refractivity contribution in [3.63, 3.8) is 0 Å². The highest BCUT2D eigenvalue weighted by Gasteiger charge is 2.31. The van der Waals surface area contributed by atoms with Crippen molar-refractivity contribution in [2.45, 2.75) is 50.5 Å². The number of carbonyl (C=O) groups excluding carboxylic acids is 1. The van der Waals surface area contributed by atoms with Crippen LogP contribution in [0.15, 0.2) is 23.0 Å². The van der Waals surface area contributed by atoms with E-state index in [9.17, 15) is 14.7 Å².